The standard InChI is InChI=1S/C17H22N2O2S/c1-11-4-6-13(7-5-11)12(2)18-16(21)14-10-22-17(3)9-8-15(20)19(14)17/h4-7,12,14H,8-10H2,1-3H3,(H,18,21). The molecule has 2 amide bonds. The quantitative estimate of drug-likeness (QED) is 0.932. The van der Waals surface area contributed by atoms with Crippen molar-refractivity contribution in [2.45, 2.75) is 50.6 Å². The first kappa shape index (κ1) is 15.4. The van der Waals surface area contributed by atoms with Crippen LogP contribution >= 0.6 is 11.8 Å². The van der Waals surface area contributed by atoms with Crippen LogP contribution in [-0.4, -0.2) is 33.4 Å². The zero-order valence-corrected chi connectivity index (χ0v) is 14.1. The Morgan fingerprint density at radius 1 is 1.41 bits per heavy atom. The summed E-state index contributed by atoms with van der Waals surface area (Å²) in [7, 11) is 0. The number of hydrogen-bond donors (Lipinski definition) is 1. The summed E-state index contributed by atoms with van der Waals surface area (Å²) in [5.41, 5.74) is 2.29. The second-order valence-corrected chi connectivity index (χ2v) is 7.91. The summed E-state index contributed by atoms with van der Waals surface area (Å²) in [5, 5.41) is 3.06. The largest absolute Gasteiger partial charge is 0.348 e. The maximum Gasteiger partial charge on any atom is 0.244 e. The third kappa shape index (κ3) is 2.62. The smallest absolute Gasteiger partial charge is 0.244 e. The number of rotatable bonds is 3. The molecule has 22 heavy (non-hydrogen) atoms. The molecule has 0 aliphatic carbocycles. The molecule has 0 radical (unpaired) electrons. The highest BCUT2D eigenvalue weighted by molar-refractivity contribution is 8.01. The number of hydrogen-bond acceptors (Lipinski definition) is 3. The fourth-order valence-corrected chi connectivity index (χ4v) is 4.69. The molecular weight excluding hydrogens is 296 g/mol. The Morgan fingerprint density at radius 2 is 2.09 bits per heavy atom. The van der Waals surface area contributed by atoms with E-state index < -0.39 is 0 Å². The summed E-state index contributed by atoms with van der Waals surface area (Å²) in [4.78, 5) is 26.3. The highest BCUT2D eigenvalue weighted by Crippen LogP contribution is 2.47. The lowest BCUT2D eigenvalue weighted by molar-refractivity contribution is -0.138. The lowest BCUT2D eigenvalue weighted by Crippen LogP contribution is -2.50. The Kier molecular flexibility index (Phi) is 3.93. The molecule has 0 aromatic heterocycles. The van der Waals surface area contributed by atoms with Crippen LogP contribution in [0.15, 0.2) is 24.3 Å². The molecule has 4 nitrogen and oxygen atoms in total. The van der Waals surface area contributed by atoms with Crippen molar-refractivity contribution in [3.05, 3.63) is 35.4 Å². The number of nitrogens with one attached hydrogen (secondary N) is 1. The van der Waals surface area contributed by atoms with Crippen molar-refractivity contribution in [2.24, 2.45) is 0 Å². The molecule has 3 unspecified atom stereocenters. The summed E-state index contributed by atoms with van der Waals surface area (Å²) < 4.78 is 0. The molecule has 1 aromatic rings. The molecule has 1 aromatic carbocycles. The summed E-state index contributed by atoms with van der Waals surface area (Å²) in [6.45, 7) is 6.09. The van der Waals surface area contributed by atoms with Gasteiger partial charge in [-0.3, -0.25) is 9.59 Å². The number of thioether (sulfide) groups is 1. The van der Waals surface area contributed by atoms with Crippen LogP contribution in [0.25, 0.3) is 0 Å². The molecule has 2 aliphatic heterocycles. The summed E-state index contributed by atoms with van der Waals surface area (Å²) in [6, 6.07) is 7.78. The number of aryl methyl sites for hydroxylation is 1. The van der Waals surface area contributed by atoms with Crippen molar-refractivity contribution < 1.29 is 9.59 Å². The number of benzene rings is 1. The first-order valence-corrected chi connectivity index (χ1v) is 8.72. The van der Waals surface area contributed by atoms with E-state index in [9.17, 15) is 9.59 Å². The van der Waals surface area contributed by atoms with Gasteiger partial charge in [0.1, 0.15) is 6.04 Å². The lowest BCUT2D eigenvalue weighted by atomic mass is 10.1. The highest BCUT2D eigenvalue weighted by Gasteiger charge is 2.52. The van der Waals surface area contributed by atoms with E-state index in [0.717, 1.165) is 12.0 Å². The molecule has 118 valence electrons. The molecule has 5 heteroatoms. The van der Waals surface area contributed by atoms with Crippen LogP contribution in [0.3, 0.4) is 0 Å². The van der Waals surface area contributed by atoms with Gasteiger partial charge in [-0.05, 0) is 32.8 Å². The van der Waals surface area contributed by atoms with Gasteiger partial charge in [0, 0.05) is 12.2 Å². The molecule has 2 aliphatic rings. The third-order valence-electron chi connectivity index (χ3n) is 4.68. The topological polar surface area (TPSA) is 49.4 Å². The Morgan fingerprint density at radius 3 is 2.77 bits per heavy atom. The van der Waals surface area contributed by atoms with Gasteiger partial charge in [-0.1, -0.05) is 29.8 Å². The number of carbonyl (C=O) groups excluding carboxylic acids is 2. The average Bonchev–Trinajstić information content (AvgIpc) is 2.97. The molecule has 2 fully saturated rings. The summed E-state index contributed by atoms with van der Waals surface area (Å²) >= 11 is 1.72. The average molecular weight is 318 g/mol. The van der Waals surface area contributed by atoms with Crippen molar-refractivity contribution >= 4 is 23.6 Å². The van der Waals surface area contributed by atoms with Gasteiger partial charge in [0.25, 0.3) is 0 Å². The molecule has 3 atom stereocenters. The van der Waals surface area contributed by atoms with E-state index in [2.05, 4.69) is 12.2 Å². The van der Waals surface area contributed by atoms with E-state index in [1.807, 2.05) is 38.1 Å². The van der Waals surface area contributed by atoms with Gasteiger partial charge in [0.15, 0.2) is 0 Å². The van der Waals surface area contributed by atoms with E-state index in [-0.39, 0.29) is 28.8 Å². The Balaban J connectivity index is 1.69. The van der Waals surface area contributed by atoms with Crippen LogP contribution < -0.4 is 5.32 Å². The van der Waals surface area contributed by atoms with Crippen molar-refractivity contribution in [1.29, 1.82) is 0 Å². The van der Waals surface area contributed by atoms with Gasteiger partial charge in [-0.25, -0.2) is 0 Å². The van der Waals surface area contributed by atoms with E-state index in [1.165, 1.54) is 5.56 Å². The van der Waals surface area contributed by atoms with Crippen LogP contribution in [0.1, 0.15) is 43.9 Å². The molecule has 0 bridgehead atoms. The van der Waals surface area contributed by atoms with Crippen molar-refractivity contribution in [2.75, 3.05) is 5.75 Å². The molecule has 2 saturated heterocycles. The zero-order chi connectivity index (χ0) is 15.9. The third-order valence-corrected chi connectivity index (χ3v) is 6.19. The van der Waals surface area contributed by atoms with Crippen molar-refractivity contribution in [1.82, 2.24) is 10.2 Å². The maximum absolute atomic E-state index is 12.6. The molecule has 0 spiro atoms. The van der Waals surface area contributed by atoms with Gasteiger partial charge in [0.2, 0.25) is 11.8 Å². The van der Waals surface area contributed by atoms with Crippen molar-refractivity contribution in [3.63, 3.8) is 0 Å². The van der Waals surface area contributed by atoms with E-state index in [1.54, 1.807) is 16.7 Å². The van der Waals surface area contributed by atoms with Crippen LogP contribution in [0.5, 0.6) is 0 Å². The minimum Gasteiger partial charge on any atom is -0.348 e. The maximum atomic E-state index is 12.6. The second kappa shape index (κ2) is 5.61. The molecule has 1 N–H and O–H groups in total. The van der Waals surface area contributed by atoms with E-state index in [4.69, 9.17) is 0 Å². The van der Waals surface area contributed by atoms with Crippen molar-refractivity contribution in [3.8, 4) is 0 Å². The van der Waals surface area contributed by atoms with E-state index >= 15 is 0 Å². The number of carbonyl (C=O) groups is 2. The SMILES string of the molecule is Cc1ccc(C(C)NC(=O)C2CSC3(C)CCC(=O)N23)cc1. The predicted molar refractivity (Wildman–Crippen MR) is 88.5 cm³/mol. The van der Waals surface area contributed by atoms with Gasteiger partial charge in [-0.2, -0.15) is 0 Å². The van der Waals surface area contributed by atoms with Crippen LogP contribution in [0, 0.1) is 6.92 Å². The van der Waals surface area contributed by atoms with Gasteiger partial charge >= 0.3 is 0 Å². The summed E-state index contributed by atoms with van der Waals surface area (Å²) in [6.07, 6.45) is 1.40. The van der Waals surface area contributed by atoms with Gasteiger partial charge in [-0.15, -0.1) is 11.8 Å². The Labute approximate surface area is 135 Å². The van der Waals surface area contributed by atoms with Gasteiger partial charge in [0.05, 0.1) is 10.9 Å². The molecule has 0 saturated carbocycles. The van der Waals surface area contributed by atoms with Crippen LogP contribution in [0.4, 0.5) is 0 Å². The lowest BCUT2D eigenvalue weighted by Gasteiger charge is -2.30. The first-order chi connectivity index (χ1) is 10.4. The van der Waals surface area contributed by atoms with Crippen LogP contribution in [0.2, 0.25) is 0 Å². The molecule has 3 rings (SSSR count). The number of fused-ring (bicyclic) bond motifs is 1. The zero-order valence-electron chi connectivity index (χ0n) is 13.3. The molecule has 2 heterocycles. The minimum atomic E-state index is -0.335. The minimum absolute atomic E-state index is 0.0421. The number of nitrogens with zero attached hydrogens (tertiary/aromatic N) is 1. The first-order valence-electron chi connectivity index (χ1n) is 7.74. The van der Waals surface area contributed by atoms with Gasteiger partial charge < -0.3 is 10.2 Å². The summed E-state index contributed by atoms with van der Waals surface area (Å²) in [5.74, 6) is 0.754. The normalized spacial score (nSPS) is 28.6. The Bertz CT molecular complexity index is 601. The van der Waals surface area contributed by atoms with E-state index in [0.29, 0.717) is 12.2 Å². The molecular formula is C17H22N2O2S. The highest BCUT2D eigenvalue weighted by atomic mass is 32.2. The monoisotopic (exact) mass is 318 g/mol. The second-order valence-electron chi connectivity index (χ2n) is 6.41. The van der Waals surface area contributed by atoms with Crippen LogP contribution in [-0.2, 0) is 9.59 Å². The fourth-order valence-electron chi connectivity index (χ4n) is 3.26. The number of amides is 2. The Hall–Kier alpha value is -1.49. The predicted octanol–water partition coefficient (Wildman–Crippen LogP) is 2.63. The fraction of sp³-hybridized carbons (Fsp3) is 0.529.